The molecular weight excluding hydrogens is 242 g/mol. The summed E-state index contributed by atoms with van der Waals surface area (Å²) in [5, 5.41) is 3.64. The van der Waals surface area contributed by atoms with Gasteiger partial charge >= 0.3 is 0 Å². The number of rotatable bonds is 3. The Balaban J connectivity index is 2.04. The second kappa shape index (κ2) is 5.39. The molecule has 0 amide bonds. The third-order valence-corrected chi connectivity index (χ3v) is 4.73. The molecule has 1 aromatic heterocycles. The van der Waals surface area contributed by atoms with E-state index in [1.165, 1.54) is 17.9 Å². The Bertz CT molecular complexity index is 387. The highest BCUT2D eigenvalue weighted by molar-refractivity contribution is 7.99. The van der Waals surface area contributed by atoms with Crippen LogP contribution in [-0.2, 0) is 0 Å². The third kappa shape index (κ3) is 3.10. The molecular formula is C14H23N3S. The predicted molar refractivity (Wildman–Crippen MR) is 81.7 cm³/mol. The molecule has 100 valence electrons. The van der Waals surface area contributed by atoms with Crippen LogP contribution in [0.1, 0.15) is 20.3 Å². The topological polar surface area (TPSA) is 28.2 Å². The molecule has 2 heterocycles. The minimum absolute atomic E-state index is 0.367. The van der Waals surface area contributed by atoms with Crippen LogP contribution in [0.5, 0.6) is 0 Å². The van der Waals surface area contributed by atoms with Gasteiger partial charge in [0.1, 0.15) is 5.82 Å². The maximum absolute atomic E-state index is 4.45. The summed E-state index contributed by atoms with van der Waals surface area (Å²) in [6.45, 7) is 4.71. The summed E-state index contributed by atoms with van der Waals surface area (Å²) < 4.78 is 0. The fourth-order valence-electron chi connectivity index (χ4n) is 2.11. The number of hydrogen-bond acceptors (Lipinski definition) is 4. The van der Waals surface area contributed by atoms with E-state index in [-0.39, 0.29) is 0 Å². The van der Waals surface area contributed by atoms with Crippen molar-refractivity contribution in [3.05, 3.63) is 18.3 Å². The Morgan fingerprint density at radius 3 is 2.72 bits per heavy atom. The molecule has 4 heteroatoms. The number of aromatic nitrogens is 1. The van der Waals surface area contributed by atoms with Crippen molar-refractivity contribution < 1.29 is 0 Å². The van der Waals surface area contributed by atoms with Crippen LogP contribution in [0.3, 0.4) is 0 Å². The minimum atomic E-state index is 0.367. The fourth-order valence-corrected chi connectivity index (χ4v) is 3.72. The van der Waals surface area contributed by atoms with Crippen LogP contribution < -0.4 is 10.2 Å². The lowest BCUT2D eigenvalue weighted by atomic mass is 9.82. The molecule has 0 aliphatic carbocycles. The zero-order chi connectivity index (χ0) is 13.2. The van der Waals surface area contributed by atoms with E-state index >= 15 is 0 Å². The Morgan fingerprint density at radius 2 is 2.17 bits per heavy atom. The van der Waals surface area contributed by atoms with E-state index in [9.17, 15) is 0 Å². The van der Waals surface area contributed by atoms with Crippen LogP contribution in [0.2, 0.25) is 0 Å². The Morgan fingerprint density at radius 1 is 1.39 bits per heavy atom. The number of pyridine rings is 1. The summed E-state index contributed by atoms with van der Waals surface area (Å²) in [5.41, 5.74) is 1.49. The Kier molecular flexibility index (Phi) is 4.05. The van der Waals surface area contributed by atoms with E-state index in [2.05, 4.69) is 36.3 Å². The molecule has 1 aliphatic rings. The minimum Gasteiger partial charge on any atom is -0.380 e. The molecule has 1 saturated heterocycles. The lowest BCUT2D eigenvalue weighted by molar-refractivity contribution is 0.305. The molecule has 1 N–H and O–H groups in total. The molecule has 0 bridgehead atoms. The van der Waals surface area contributed by atoms with Crippen LogP contribution in [0.25, 0.3) is 0 Å². The highest BCUT2D eigenvalue weighted by atomic mass is 32.2. The number of nitrogens with zero attached hydrogens (tertiary/aromatic N) is 2. The summed E-state index contributed by atoms with van der Waals surface area (Å²) >= 11 is 2.04. The van der Waals surface area contributed by atoms with Crippen LogP contribution in [0.4, 0.5) is 11.5 Å². The number of nitrogens with one attached hydrogen (secondary N) is 1. The normalized spacial score (nSPS) is 22.6. The molecule has 0 radical (unpaired) electrons. The van der Waals surface area contributed by atoms with E-state index in [0.29, 0.717) is 11.5 Å². The molecule has 0 spiro atoms. The smallest absolute Gasteiger partial charge is 0.128 e. The summed E-state index contributed by atoms with van der Waals surface area (Å²) in [6.07, 6.45) is 3.21. The van der Waals surface area contributed by atoms with Crippen LogP contribution in [0.15, 0.2) is 18.3 Å². The van der Waals surface area contributed by atoms with E-state index in [4.69, 9.17) is 0 Å². The van der Waals surface area contributed by atoms with Gasteiger partial charge in [-0.05, 0) is 29.7 Å². The maximum Gasteiger partial charge on any atom is 0.128 e. The highest BCUT2D eigenvalue weighted by Crippen LogP contribution is 2.35. The van der Waals surface area contributed by atoms with Gasteiger partial charge < -0.3 is 10.2 Å². The van der Waals surface area contributed by atoms with Gasteiger partial charge in [-0.15, -0.1) is 0 Å². The number of thioether (sulfide) groups is 1. The van der Waals surface area contributed by atoms with Crippen LogP contribution in [-0.4, -0.2) is 36.6 Å². The van der Waals surface area contributed by atoms with Crippen molar-refractivity contribution in [1.29, 1.82) is 0 Å². The Hall–Kier alpha value is -0.900. The molecule has 18 heavy (non-hydrogen) atoms. The van der Waals surface area contributed by atoms with Gasteiger partial charge in [0, 0.05) is 25.9 Å². The molecule has 1 atom stereocenters. The maximum atomic E-state index is 4.45. The summed E-state index contributed by atoms with van der Waals surface area (Å²) in [6, 6.07) is 4.71. The van der Waals surface area contributed by atoms with E-state index in [0.717, 1.165) is 11.5 Å². The lowest BCUT2D eigenvalue weighted by Gasteiger charge is -2.39. The van der Waals surface area contributed by atoms with Gasteiger partial charge in [0.2, 0.25) is 0 Å². The second-order valence-electron chi connectivity index (χ2n) is 5.81. The van der Waals surface area contributed by atoms with Gasteiger partial charge in [-0.25, -0.2) is 4.98 Å². The third-order valence-electron chi connectivity index (χ3n) is 3.67. The molecule has 2 rings (SSSR count). The van der Waals surface area contributed by atoms with Crippen LogP contribution >= 0.6 is 11.8 Å². The average molecular weight is 265 g/mol. The van der Waals surface area contributed by atoms with Gasteiger partial charge in [0.05, 0.1) is 11.9 Å². The quantitative estimate of drug-likeness (QED) is 0.909. The van der Waals surface area contributed by atoms with E-state index < -0.39 is 0 Å². The molecule has 3 nitrogen and oxygen atoms in total. The summed E-state index contributed by atoms with van der Waals surface area (Å²) in [4.78, 5) is 6.47. The second-order valence-corrected chi connectivity index (χ2v) is 6.96. The fraction of sp³-hybridized carbons (Fsp3) is 0.643. The van der Waals surface area contributed by atoms with E-state index in [1.807, 2.05) is 37.0 Å². The van der Waals surface area contributed by atoms with E-state index in [1.54, 1.807) is 0 Å². The predicted octanol–water partition coefficient (Wildman–Crippen LogP) is 3.09. The first-order chi connectivity index (χ1) is 8.49. The van der Waals surface area contributed by atoms with Crippen molar-refractivity contribution in [2.75, 3.05) is 35.8 Å². The monoisotopic (exact) mass is 265 g/mol. The van der Waals surface area contributed by atoms with Gasteiger partial charge in [0.25, 0.3) is 0 Å². The van der Waals surface area contributed by atoms with Crippen molar-refractivity contribution in [3.8, 4) is 0 Å². The Labute approximate surface area is 114 Å². The average Bonchev–Trinajstić information content (AvgIpc) is 2.32. The molecule has 1 aliphatic heterocycles. The first-order valence-corrected chi connectivity index (χ1v) is 7.62. The van der Waals surface area contributed by atoms with Crippen molar-refractivity contribution in [2.45, 2.75) is 26.3 Å². The van der Waals surface area contributed by atoms with Crippen molar-refractivity contribution in [2.24, 2.45) is 5.41 Å². The van der Waals surface area contributed by atoms with Crippen molar-refractivity contribution in [3.63, 3.8) is 0 Å². The SMILES string of the molecule is CN(C)c1ccc(NC2CSCCC2(C)C)cn1. The standard InChI is InChI=1S/C14H23N3S/c1-14(2)7-8-18-10-12(14)16-11-5-6-13(15-9-11)17(3)4/h5-6,9,12,16H,7-8,10H2,1-4H3. The zero-order valence-corrected chi connectivity index (χ0v) is 12.5. The number of anilines is 2. The van der Waals surface area contributed by atoms with Gasteiger partial charge in [0.15, 0.2) is 0 Å². The molecule has 1 unspecified atom stereocenters. The van der Waals surface area contributed by atoms with Gasteiger partial charge in [-0.1, -0.05) is 13.8 Å². The largest absolute Gasteiger partial charge is 0.380 e. The first-order valence-electron chi connectivity index (χ1n) is 6.47. The molecule has 0 saturated carbocycles. The summed E-state index contributed by atoms with van der Waals surface area (Å²) in [7, 11) is 4.02. The zero-order valence-electron chi connectivity index (χ0n) is 11.7. The summed E-state index contributed by atoms with van der Waals surface area (Å²) in [5.74, 6) is 3.46. The van der Waals surface area contributed by atoms with Crippen LogP contribution in [0, 0.1) is 5.41 Å². The molecule has 1 fully saturated rings. The lowest BCUT2D eigenvalue weighted by Crippen LogP contribution is -2.41. The van der Waals surface area contributed by atoms with Gasteiger partial charge in [-0.2, -0.15) is 11.8 Å². The molecule has 1 aromatic rings. The molecule has 0 aromatic carbocycles. The first kappa shape index (κ1) is 13.5. The van der Waals surface area contributed by atoms with Crippen molar-refractivity contribution >= 4 is 23.3 Å². The van der Waals surface area contributed by atoms with Crippen molar-refractivity contribution in [1.82, 2.24) is 4.98 Å². The number of hydrogen-bond donors (Lipinski definition) is 1. The highest BCUT2D eigenvalue weighted by Gasteiger charge is 2.32. The van der Waals surface area contributed by atoms with Gasteiger partial charge in [-0.3, -0.25) is 0 Å².